The van der Waals surface area contributed by atoms with Gasteiger partial charge >= 0.3 is 35.2 Å². The first-order chi connectivity index (χ1) is 12.3. The van der Waals surface area contributed by atoms with Gasteiger partial charge in [-0.15, -0.1) is 0 Å². The van der Waals surface area contributed by atoms with Crippen molar-refractivity contribution in [2.75, 3.05) is 0 Å². The second-order valence-corrected chi connectivity index (χ2v) is 6.88. The number of aliphatic carboxylic acids is 1. The maximum absolute atomic E-state index is 14.1. The molecule has 1 heterocycles. The zero-order chi connectivity index (χ0) is 19.0. The summed E-state index contributed by atoms with van der Waals surface area (Å²) in [5.41, 5.74) is -1.38. The van der Waals surface area contributed by atoms with Crippen LogP contribution in [0.2, 0.25) is 5.02 Å². The van der Waals surface area contributed by atoms with Gasteiger partial charge in [0.1, 0.15) is 5.82 Å². The zero-order valence-electron chi connectivity index (χ0n) is 14.0. The van der Waals surface area contributed by atoms with Crippen molar-refractivity contribution in [2.24, 2.45) is 0 Å². The molecule has 0 N–H and O–H groups in total. The van der Waals surface area contributed by atoms with Gasteiger partial charge in [0.15, 0.2) is 0 Å². The molecule has 0 fully saturated rings. The van der Waals surface area contributed by atoms with Gasteiger partial charge in [0.25, 0.3) is 5.56 Å². The zero-order valence-corrected chi connectivity index (χ0v) is 18.4. The Morgan fingerprint density at radius 2 is 1.85 bits per heavy atom. The van der Waals surface area contributed by atoms with E-state index in [-0.39, 0.29) is 57.6 Å². The minimum Gasteiger partial charge on any atom is -0.548 e. The second-order valence-electron chi connectivity index (χ2n) is 5.53. The first kappa shape index (κ1) is 21.8. The molecular formula is C17H10BrClFN2NaO4. The topological polar surface area (TPSA) is 84.1 Å². The molecule has 0 aliphatic carbocycles. The third kappa shape index (κ3) is 4.52. The number of fused-ring (bicyclic) bond motifs is 1. The Bertz CT molecular complexity index is 1160. The number of carbonyl (C=O) groups is 1. The first-order valence-corrected chi connectivity index (χ1v) is 8.51. The van der Waals surface area contributed by atoms with Gasteiger partial charge in [0.05, 0.1) is 30.0 Å². The number of halogens is 3. The van der Waals surface area contributed by atoms with Gasteiger partial charge in [0, 0.05) is 15.1 Å². The molecule has 0 spiro atoms. The van der Waals surface area contributed by atoms with E-state index in [0.29, 0.717) is 4.47 Å². The van der Waals surface area contributed by atoms with Crippen LogP contribution >= 0.6 is 27.5 Å². The maximum atomic E-state index is 14.1. The molecule has 0 bridgehead atoms. The average molecular weight is 464 g/mol. The van der Waals surface area contributed by atoms with Crippen LogP contribution in [0.15, 0.2) is 50.5 Å². The largest absolute Gasteiger partial charge is 1.00 e. The molecule has 134 valence electrons. The van der Waals surface area contributed by atoms with Crippen molar-refractivity contribution >= 4 is 44.4 Å². The quantitative estimate of drug-likeness (QED) is 0.442. The molecule has 0 atom stereocenters. The number of hydrogen-bond donors (Lipinski definition) is 0. The summed E-state index contributed by atoms with van der Waals surface area (Å²) in [6.07, 6.45) is 0. The van der Waals surface area contributed by atoms with Crippen LogP contribution in [-0.4, -0.2) is 15.1 Å². The third-order valence-corrected chi connectivity index (χ3v) is 4.55. The van der Waals surface area contributed by atoms with Crippen LogP contribution in [0.4, 0.5) is 4.39 Å². The molecule has 0 unspecified atom stereocenters. The van der Waals surface area contributed by atoms with Gasteiger partial charge in [-0.1, -0.05) is 33.6 Å². The van der Waals surface area contributed by atoms with E-state index in [2.05, 4.69) is 15.9 Å². The van der Waals surface area contributed by atoms with Crippen molar-refractivity contribution in [1.29, 1.82) is 0 Å². The SMILES string of the molecule is O=C([O-])Cn1c(=O)n(Cc2ccc(Br)cc2F)c(=O)c2ccc(Cl)cc21.[Na+]. The number of aromatic nitrogens is 2. The number of benzene rings is 2. The summed E-state index contributed by atoms with van der Waals surface area (Å²) in [6, 6.07) is 8.38. The number of rotatable bonds is 4. The molecule has 6 nitrogen and oxygen atoms in total. The van der Waals surface area contributed by atoms with Gasteiger partial charge in [-0.2, -0.15) is 0 Å². The molecule has 0 saturated heterocycles. The van der Waals surface area contributed by atoms with Crippen LogP contribution < -0.4 is 45.9 Å². The van der Waals surface area contributed by atoms with E-state index in [1.54, 1.807) is 6.07 Å². The van der Waals surface area contributed by atoms with E-state index in [1.807, 2.05) is 0 Å². The smallest absolute Gasteiger partial charge is 0.548 e. The molecule has 2 aromatic carbocycles. The molecule has 0 amide bonds. The number of carboxylic acid groups (broad SMARTS) is 1. The summed E-state index contributed by atoms with van der Waals surface area (Å²) in [7, 11) is 0. The summed E-state index contributed by atoms with van der Waals surface area (Å²) in [5.74, 6) is -2.11. The predicted molar refractivity (Wildman–Crippen MR) is 95.7 cm³/mol. The molecule has 0 aliphatic heterocycles. The fourth-order valence-corrected chi connectivity index (χ4v) is 3.13. The van der Waals surface area contributed by atoms with Crippen molar-refractivity contribution < 1.29 is 43.8 Å². The van der Waals surface area contributed by atoms with Crippen LogP contribution in [0.3, 0.4) is 0 Å². The van der Waals surface area contributed by atoms with Crippen molar-refractivity contribution in [3.63, 3.8) is 0 Å². The minimum atomic E-state index is -1.51. The van der Waals surface area contributed by atoms with E-state index >= 15 is 0 Å². The van der Waals surface area contributed by atoms with E-state index in [0.717, 1.165) is 9.13 Å². The van der Waals surface area contributed by atoms with Crippen molar-refractivity contribution in [3.8, 4) is 0 Å². The van der Waals surface area contributed by atoms with Gasteiger partial charge < -0.3 is 9.90 Å². The summed E-state index contributed by atoms with van der Waals surface area (Å²) >= 11 is 9.03. The molecule has 0 aliphatic rings. The molecule has 27 heavy (non-hydrogen) atoms. The molecule has 10 heteroatoms. The van der Waals surface area contributed by atoms with E-state index < -0.39 is 29.6 Å². The predicted octanol–water partition coefficient (Wildman–Crippen LogP) is -1.48. The Balaban J connectivity index is 0.00000261. The fraction of sp³-hybridized carbons (Fsp3) is 0.118. The molecular weight excluding hydrogens is 454 g/mol. The number of carboxylic acids is 1. The number of hydrogen-bond acceptors (Lipinski definition) is 4. The van der Waals surface area contributed by atoms with E-state index in [1.165, 1.54) is 30.3 Å². The molecule has 0 saturated carbocycles. The van der Waals surface area contributed by atoms with Crippen LogP contribution in [0, 0.1) is 5.82 Å². The van der Waals surface area contributed by atoms with Gasteiger partial charge in [-0.25, -0.2) is 9.18 Å². The standard InChI is InChI=1S/C17H11BrClFN2O4.Na/c18-10-2-1-9(13(20)5-10)7-22-16(25)12-4-3-11(19)6-14(12)21(17(22)26)8-15(23)24;/h1-6H,7-8H2,(H,23,24);/q;+1/p-1. The molecule has 3 rings (SSSR count). The first-order valence-electron chi connectivity index (χ1n) is 7.34. The van der Waals surface area contributed by atoms with Crippen LogP contribution in [0.25, 0.3) is 10.9 Å². The fourth-order valence-electron chi connectivity index (χ4n) is 2.63. The Kier molecular flexibility index (Phi) is 7.04. The van der Waals surface area contributed by atoms with E-state index in [4.69, 9.17) is 11.6 Å². The maximum Gasteiger partial charge on any atom is 1.00 e. The molecule has 1 aromatic heterocycles. The van der Waals surface area contributed by atoms with Crippen LogP contribution in [-0.2, 0) is 17.9 Å². The molecule has 3 aromatic rings. The molecule has 0 radical (unpaired) electrons. The number of carbonyl (C=O) groups excluding carboxylic acids is 1. The summed E-state index contributed by atoms with van der Waals surface area (Å²) in [4.78, 5) is 36.4. The Morgan fingerprint density at radius 1 is 1.15 bits per heavy atom. The summed E-state index contributed by atoms with van der Waals surface area (Å²) in [5, 5.41) is 11.4. The van der Waals surface area contributed by atoms with Crippen molar-refractivity contribution in [2.45, 2.75) is 13.1 Å². The monoisotopic (exact) mass is 462 g/mol. The van der Waals surface area contributed by atoms with Gasteiger partial charge in [-0.05, 0) is 30.3 Å². The van der Waals surface area contributed by atoms with Crippen molar-refractivity contribution in [3.05, 3.63) is 78.1 Å². The third-order valence-electron chi connectivity index (χ3n) is 3.82. The van der Waals surface area contributed by atoms with Gasteiger partial charge in [0.2, 0.25) is 0 Å². The number of nitrogens with zero attached hydrogens (tertiary/aromatic N) is 2. The normalized spacial score (nSPS) is 10.6. The Morgan fingerprint density at radius 3 is 2.48 bits per heavy atom. The van der Waals surface area contributed by atoms with Gasteiger partial charge in [-0.3, -0.25) is 13.9 Å². The van der Waals surface area contributed by atoms with Crippen molar-refractivity contribution in [1.82, 2.24) is 9.13 Å². The Labute approximate surface area is 187 Å². The summed E-state index contributed by atoms with van der Waals surface area (Å²) < 4.78 is 16.3. The average Bonchev–Trinajstić information content (AvgIpc) is 2.57. The minimum absolute atomic E-state index is 0. The second kappa shape index (κ2) is 8.70. The Hall–Kier alpha value is -1.45. The van der Waals surface area contributed by atoms with Crippen LogP contribution in [0.5, 0.6) is 0 Å². The van der Waals surface area contributed by atoms with E-state index in [9.17, 15) is 23.9 Å². The van der Waals surface area contributed by atoms with Crippen LogP contribution in [0.1, 0.15) is 5.56 Å². The summed E-state index contributed by atoms with van der Waals surface area (Å²) in [6.45, 7) is -1.11.